The fourth-order valence-corrected chi connectivity index (χ4v) is 3.43. The number of H-pyrrole nitrogens is 1. The summed E-state index contributed by atoms with van der Waals surface area (Å²) >= 11 is 0. The number of amides is 1. The van der Waals surface area contributed by atoms with Gasteiger partial charge in [-0.05, 0) is 43.0 Å². The van der Waals surface area contributed by atoms with E-state index in [1.54, 1.807) is 32.2 Å². The molecule has 1 aromatic carbocycles. The number of carbonyl (C=O) groups excluding carboxylic acids is 1. The molecule has 1 heterocycles. The van der Waals surface area contributed by atoms with Gasteiger partial charge in [0.1, 0.15) is 0 Å². The zero-order valence-electron chi connectivity index (χ0n) is 13.1. The average Bonchev–Trinajstić information content (AvgIpc) is 2.92. The van der Waals surface area contributed by atoms with Crippen molar-refractivity contribution in [1.82, 2.24) is 9.88 Å². The summed E-state index contributed by atoms with van der Waals surface area (Å²) in [6, 6.07) is 7.74. The van der Waals surface area contributed by atoms with Gasteiger partial charge in [0.15, 0.2) is 5.60 Å². The van der Waals surface area contributed by atoms with E-state index in [-0.39, 0.29) is 5.91 Å². The molecule has 0 bridgehead atoms. The van der Waals surface area contributed by atoms with Crippen LogP contribution < -0.4 is 0 Å². The lowest BCUT2D eigenvalue weighted by atomic mass is 9.81. The fourth-order valence-electron chi connectivity index (χ4n) is 3.43. The first kappa shape index (κ1) is 14.6. The van der Waals surface area contributed by atoms with E-state index in [2.05, 4.69) is 11.1 Å². The first-order valence-corrected chi connectivity index (χ1v) is 7.35. The Kier molecular flexibility index (Phi) is 3.42. The van der Waals surface area contributed by atoms with Gasteiger partial charge >= 0.3 is 0 Å². The summed E-state index contributed by atoms with van der Waals surface area (Å²) in [5, 5.41) is 10.1. The van der Waals surface area contributed by atoms with Crippen LogP contribution in [0.4, 0.5) is 0 Å². The molecule has 1 aliphatic carbocycles. The lowest BCUT2D eigenvalue weighted by Crippen LogP contribution is -2.47. The van der Waals surface area contributed by atoms with Gasteiger partial charge in [-0.2, -0.15) is 5.26 Å². The van der Waals surface area contributed by atoms with E-state index in [0.717, 1.165) is 35.0 Å². The number of hydrogen-bond acceptors (Lipinski definition) is 3. The molecule has 1 N–H and O–H groups in total. The van der Waals surface area contributed by atoms with Crippen molar-refractivity contribution in [2.45, 2.75) is 24.9 Å². The summed E-state index contributed by atoms with van der Waals surface area (Å²) in [7, 11) is 5.07. The molecule has 22 heavy (non-hydrogen) atoms. The van der Waals surface area contributed by atoms with Crippen molar-refractivity contribution in [3.8, 4) is 6.07 Å². The molecule has 2 aromatic rings. The first-order valence-electron chi connectivity index (χ1n) is 7.35. The highest BCUT2D eigenvalue weighted by molar-refractivity contribution is 5.92. The number of fused-ring (bicyclic) bond motifs is 3. The van der Waals surface area contributed by atoms with Gasteiger partial charge in [-0.1, -0.05) is 0 Å². The predicted molar refractivity (Wildman–Crippen MR) is 83.3 cm³/mol. The van der Waals surface area contributed by atoms with Crippen LogP contribution in [0.1, 0.15) is 29.7 Å². The van der Waals surface area contributed by atoms with Crippen molar-refractivity contribution in [1.29, 1.82) is 5.26 Å². The van der Waals surface area contributed by atoms with Crippen molar-refractivity contribution < 1.29 is 9.53 Å². The maximum atomic E-state index is 12.7. The molecule has 0 aliphatic heterocycles. The zero-order valence-corrected chi connectivity index (χ0v) is 13.1. The summed E-state index contributed by atoms with van der Waals surface area (Å²) in [4.78, 5) is 17.7. The number of hydrogen-bond donors (Lipinski definition) is 1. The van der Waals surface area contributed by atoms with Crippen molar-refractivity contribution in [2.24, 2.45) is 0 Å². The van der Waals surface area contributed by atoms with E-state index < -0.39 is 5.60 Å². The van der Waals surface area contributed by atoms with Crippen molar-refractivity contribution >= 4 is 16.8 Å². The number of carbonyl (C=O) groups is 1. The predicted octanol–water partition coefficient (Wildman–Crippen LogP) is 2.31. The Hall–Kier alpha value is -2.32. The van der Waals surface area contributed by atoms with Gasteiger partial charge in [0.25, 0.3) is 5.91 Å². The lowest BCUT2D eigenvalue weighted by Gasteiger charge is -2.36. The minimum Gasteiger partial charge on any atom is -0.362 e. The van der Waals surface area contributed by atoms with Crippen LogP contribution in [-0.2, 0) is 21.6 Å². The second-order valence-electron chi connectivity index (χ2n) is 5.93. The molecule has 0 radical (unpaired) electrons. The Labute approximate surface area is 129 Å². The van der Waals surface area contributed by atoms with Crippen molar-refractivity contribution in [3.05, 3.63) is 35.0 Å². The van der Waals surface area contributed by atoms with E-state index in [1.807, 2.05) is 12.1 Å². The lowest BCUT2D eigenvalue weighted by molar-refractivity contribution is -0.156. The monoisotopic (exact) mass is 297 g/mol. The maximum absolute atomic E-state index is 12.7. The topological polar surface area (TPSA) is 69.1 Å². The number of aromatic amines is 1. The van der Waals surface area contributed by atoms with Crippen LogP contribution in [0.15, 0.2) is 18.2 Å². The number of aromatic nitrogens is 1. The molecule has 1 amide bonds. The van der Waals surface area contributed by atoms with Crippen LogP contribution in [0.2, 0.25) is 0 Å². The van der Waals surface area contributed by atoms with E-state index in [1.165, 1.54) is 0 Å². The Morgan fingerprint density at radius 1 is 1.45 bits per heavy atom. The van der Waals surface area contributed by atoms with E-state index in [4.69, 9.17) is 10.00 Å². The number of likely N-dealkylation sites (N-methyl/N-ethyl adjacent to an activating group) is 1. The number of methoxy groups -OCH3 is 1. The molecule has 0 fully saturated rings. The third kappa shape index (κ3) is 1.92. The zero-order chi connectivity index (χ0) is 15.9. The summed E-state index contributed by atoms with van der Waals surface area (Å²) in [5.41, 5.74) is 2.55. The molecule has 3 rings (SSSR count). The standard InChI is InChI=1S/C17H19N3O2/c1-20(2)16(21)17(22-3)8-4-5-12-13-9-11(10-18)6-7-14(13)19-15(12)17/h6-7,9,19H,4-5,8H2,1-3H3. The third-order valence-corrected chi connectivity index (χ3v) is 4.49. The highest BCUT2D eigenvalue weighted by Crippen LogP contribution is 2.42. The molecule has 5 nitrogen and oxygen atoms in total. The highest BCUT2D eigenvalue weighted by atomic mass is 16.5. The van der Waals surface area contributed by atoms with E-state index in [9.17, 15) is 4.79 Å². The Bertz CT molecular complexity index is 785. The summed E-state index contributed by atoms with van der Waals surface area (Å²) in [6.45, 7) is 0. The largest absolute Gasteiger partial charge is 0.362 e. The van der Waals surface area contributed by atoms with Crippen LogP contribution in [-0.4, -0.2) is 37.0 Å². The van der Waals surface area contributed by atoms with Gasteiger partial charge in [0.2, 0.25) is 0 Å². The van der Waals surface area contributed by atoms with E-state index in [0.29, 0.717) is 12.0 Å². The van der Waals surface area contributed by atoms with Crippen LogP contribution in [0.3, 0.4) is 0 Å². The van der Waals surface area contributed by atoms with Crippen LogP contribution in [0.5, 0.6) is 0 Å². The van der Waals surface area contributed by atoms with Crippen molar-refractivity contribution in [2.75, 3.05) is 21.2 Å². The van der Waals surface area contributed by atoms with Gasteiger partial charge in [0, 0.05) is 32.1 Å². The van der Waals surface area contributed by atoms with Gasteiger partial charge < -0.3 is 14.6 Å². The number of benzene rings is 1. The number of rotatable bonds is 2. The number of nitrogens with one attached hydrogen (secondary N) is 1. The first-order chi connectivity index (χ1) is 10.5. The SMILES string of the molecule is COC1(C(=O)N(C)C)CCCc2c1[nH]c1ccc(C#N)cc21. The minimum absolute atomic E-state index is 0.0528. The number of nitrogens with zero attached hydrogens (tertiary/aromatic N) is 2. The maximum Gasteiger partial charge on any atom is 0.260 e. The van der Waals surface area contributed by atoms with Gasteiger partial charge in [-0.15, -0.1) is 0 Å². The molecular weight excluding hydrogens is 278 g/mol. The van der Waals surface area contributed by atoms with Gasteiger partial charge in [0.05, 0.1) is 17.3 Å². The van der Waals surface area contributed by atoms with Crippen LogP contribution >= 0.6 is 0 Å². The van der Waals surface area contributed by atoms with Crippen molar-refractivity contribution in [3.63, 3.8) is 0 Å². The van der Waals surface area contributed by atoms with E-state index >= 15 is 0 Å². The van der Waals surface area contributed by atoms with Gasteiger partial charge in [-0.3, -0.25) is 4.79 Å². The summed E-state index contributed by atoms with van der Waals surface area (Å²) in [5.74, 6) is -0.0528. The smallest absolute Gasteiger partial charge is 0.260 e. The molecule has 0 saturated carbocycles. The molecule has 0 saturated heterocycles. The normalized spacial score (nSPS) is 20.5. The second-order valence-corrected chi connectivity index (χ2v) is 5.93. The third-order valence-electron chi connectivity index (χ3n) is 4.49. The van der Waals surface area contributed by atoms with Crippen LogP contribution in [0.25, 0.3) is 10.9 Å². The fraction of sp³-hybridized carbons (Fsp3) is 0.412. The number of aryl methyl sites for hydroxylation is 1. The number of nitriles is 1. The number of ether oxygens (including phenoxy) is 1. The Balaban J connectivity index is 2.26. The quantitative estimate of drug-likeness (QED) is 0.924. The molecule has 1 aromatic heterocycles. The molecule has 114 valence electrons. The molecule has 0 spiro atoms. The van der Waals surface area contributed by atoms with Gasteiger partial charge in [-0.25, -0.2) is 0 Å². The minimum atomic E-state index is -0.955. The highest BCUT2D eigenvalue weighted by Gasteiger charge is 2.46. The molecular formula is C17H19N3O2. The van der Waals surface area contributed by atoms with Crippen LogP contribution in [0, 0.1) is 11.3 Å². The summed E-state index contributed by atoms with van der Waals surface area (Å²) < 4.78 is 5.73. The molecule has 1 atom stereocenters. The molecule has 1 unspecified atom stereocenters. The Morgan fingerprint density at radius 2 is 2.23 bits per heavy atom. The molecule has 1 aliphatic rings. The molecule has 5 heteroatoms. The average molecular weight is 297 g/mol. The summed E-state index contributed by atoms with van der Waals surface area (Å²) in [6.07, 6.45) is 2.42. The second kappa shape index (κ2) is 5.15. The Morgan fingerprint density at radius 3 is 2.86 bits per heavy atom.